The number of benzene rings is 1. The van der Waals surface area contributed by atoms with Crippen LogP contribution in [-0.4, -0.2) is 39.2 Å². The standard InChI is InChI=1S/C18H18N2O7S2/c1-10(17(21)19-12-4-5-13-14(8-12)26-9-25-13)27-18(22)16-15(6-7-28-16)29(23,24)20-11-2-3-11/h4-8,10-11,20H,2-3,9H2,1H3,(H,19,21)/t10-/m0/s1. The predicted molar refractivity (Wildman–Crippen MR) is 104 cm³/mol. The second-order valence-electron chi connectivity index (χ2n) is 6.61. The number of hydrogen-bond acceptors (Lipinski definition) is 8. The lowest BCUT2D eigenvalue weighted by molar-refractivity contribution is -0.123. The van der Waals surface area contributed by atoms with Gasteiger partial charge in [-0.2, -0.15) is 0 Å². The molecule has 1 saturated carbocycles. The molecule has 1 fully saturated rings. The average Bonchev–Trinajstić information content (AvgIpc) is 3.16. The zero-order valence-electron chi connectivity index (χ0n) is 15.3. The summed E-state index contributed by atoms with van der Waals surface area (Å²) in [5.74, 6) is -0.350. The third-order valence-corrected chi connectivity index (χ3v) is 6.88. The van der Waals surface area contributed by atoms with E-state index in [0.29, 0.717) is 17.2 Å². The molecular formula is C18H18N2O7S2. The van der Waals surface area contributed by atoms with E-state index in [9.17, 15) is 18.0 Å². The van der Waals surface area contributed by atoms with Gasteiger partial charge in [-0.05, 0) is 43.3 Å². The zero-order chi connectivity index (χ0) is 20.6. The Bertz CT molecular complexity index is 1060. The van der Waals surface area contributed by atoms with Gasteiger partial charge in [0, 0.05) is 17.8 Å². The quantitative estimate of drug-likeness (QED) is 0.635. The minimum absolute atomic E-state index is 0.0686. The fourth-order valence-electron chi connectivity index (χ4n) is 2.63. The van der Waals surface area contributed by atoms with Crippen LogP contribution in [-0.2, 0) is 19.6 Å². The van der Waals surface area contributed by atoms with Crippen molar-refractivity contribution < 1.29 is 32.2 Å². The van der Waals surface area contributed by atoms with Gasteiger partial charge in [-0.25, -0.2) is 17.9 Å². The lowest BCUT2D eigenvalue weighted by atomic mass is 10.2. The van der Waals surface area contributed by atoms with E-state index in [4.69, 9.17) is 14.2 Å². The van der Waals surface area contributed by atoms with Crippen LogP contribution in [0.2, 0.25) is 0 Å². The van der Waals surface area contributed by atoms with Crippen LogP contribution in [0.25, 0.3) is 0 Å². The number of fused-ring (bicyclic) bond motifs is 1. The number of amides is 1. The maximum atomic E-state index is 12.5. The molecule has 2 aromatic rings. The SMILES string of the molecule is C[C@H](OC(=O)c1sccc1S(=O)(=O)NC1CC1)C(=O)Nc1ccc2c(c1)OCO2. The van der Waals surface area contributed by atoms with E-state index in [1.807, 2.05) is 0 Å². The fraction of sp³-hybridized carbons (Fsp3) is 0.333. The van der Waals surface area contributed by atoms with Crippen LogP contribution in [0.1, 0.15) is 29.4 Å². The van der Waals surface area contributed by atoms with Gasteiger partial charge >= 0.3 is 5.97 Å². The molecule has 2 heterocycles. The van der Waals surface area contributed by atoms with Crippen molar-refractivity contribution in [2.24, 2.45) is 0 Å². The summed E-state index contributed by atoms with van der Waals surface area (Å²) in [5.41, 5.74) is 0.454. The Kier molecular flexibility index (Phi) is 5.19. The highest BCUT2D eigenvalue weighted by Gasteiger charge is 2.32. The van der Waals surface area contributed by atoms with Crippen molar-refractivity contribution in [2.45, 2.75) is 36.8 Å². The molecule has 0 unspecified atom stereocenters. The number of rotatable bonds is 7. The third-order valence-electron chi connectivity index (χ3n) is 4.30. The lowest BCUT2D eigenvalue weighted by Crippen LogP contribution is -2.31. The number of anilines is 1. The number of hydrogen-bond donors (Lipinski definition) is 2. The highest BCUT2D eigenvalue weighted by atomic mass is 32.2. The van der Waals surface area contributed by atoms with Crippen molar-refractivity contribution in [3.63, 3.8) is 0 Å². The average molecular weight is 438 g/mol. The van der Waals surface area contributed by atoms with Gasteiger partial charge in [-0.1, -0.05) is 0 Å². The summed E-state index contributed by atoms with van der Waals surface area (Å²) in [7, 11) is -3.81. The molecule has 1 aromatic carbocycles. The Morgan fingerprint density at radius 2 is 1.97 bits per heavy atom. The van der Waals surface area contributed by atoms with Gasteiger partial charge in [0.1, 0.15) is 9.77 Å². The van der Waals surface area contributed by atoms with Gasteiger partial charge in [0.05, 0.1) is 0 Å². The first kappa shape index (κ1) is 19.7. The van der Waals surface area contributed by atoms with Crippen LogP contribution in [0.5, 0.6) is 11.5 Å². The maximum absolute atomic E-state index is 12.5. The summed E-state index contributed by atoms with van der Waals surface area (Å²) in [5, 5.41) is 4.12. The summed E-state index contributed by atoms with van der Waals surface area (Å²) in [4.78, 5) is 24.6. The monoisotopic (exact) mass is 438 g/mol. The molecule has 0 spiro atoms. The molecule has 29 heavy (non-hydrogen) atoms. The van der Waals surface area contributed by atoms with Crippen LogP contribution < -0.4 is 19.5 Å². The molecule has 1 atom stereocenters. The first-order valence-corrected chi connectivity index (χ1v) is 11.2. The lowest BCUT2D eigenvalue weighted by Gasteiger charge is -2.14. The minimum atomic E-state index is -3.81. The first-order valence-electron chi connectivity index (χ1n) is 8.85. The summed E-state index contributed by atoms with van der Waals surface area (Å²) in [6.45, 7) is 1.52. The number of ether oxygens (including phenoxy) is 3. The number of carbonyl (C=O) groups excluding carboxylic acids is 2. The minimum Gasteiger partial charge on any atom is -0.454 e. The highest BCUT2D eigenvalue weighted by Crippen LogP contribution is 2.34. The molecule has 1 amide bonds. The second-order valence-corrected chi connectivity index (χ2v) is 9.21. The molecule has 1 aromatic heterocycles. The van der Waals surface area contributed by atoms with Crippen molar-refractivity contribution >= 4 is 38.9 Å². The van der Waals surface area contributed by atoms with E-state index in [1.54, 1.807) is 18.2 Å². The van der Waals surface area contributed by atoms with E-state index in [2.05, 4.69) is 10.0 Å². The van der Waals surface area contributed by atoms with Gasteiger partial charge in [-0.15, -0.1) is 11.3 Å². The molecule has 0 saturated heterocycles. The number of nitrogens with one attached hydrogen (secondary N) is 2. The van der Waals surface area contributed by atoms with Crippen molar-refractivity contribution in [1.82, 2.24) is 4.72 Å². The van der Waals surface area contributed by atoms with Crippen LogP contribution in [0, 0.1) is 0 Å². The number of sulfonamides is 1. The number of esters is 1. The Morgan fingerprint density at radius 3 is 2.72 bits per heavy atom. The summed E-state index contributed by atoms with van der Waals surface area (Å²) < 4.78 is 43.0. The molecule has 4 rings (SSSR count). The van der Waals surface area contributed by atoms with Gasteiger partial charge in [-0.3, -0.25) is 4.79 Å². The Balaban J connectivity index is 1.41. The summed E-state index contributed by atoms with van der Waals surface area (Å²) in [6, 6.07) is 6.15. The largest absolute Gasteiger partial charge is 0.454 e. The summed E-state index contributed by atoms with van der Waals surface area (Å²) in [6.07, 6.45) is 0.419. The van der Waals surface area contributed by atoms with E-state index in [1.165, 1.54) is 18.4 Å². The molecule has 9 nitrogen and oxygen atoms in total. The van der Waals surface area contributed by atoms with E-state index < -0.39 is 28.0 Å². The zero-order valence-corrected chi connectivity index (χ0v) is 17.0. The van der Waals surface area contributed by atoms with Crippen LogP contribution in [0.3, 0.4) is 0 Å². The Labute approximate surface area is 171 Å². The normalized spacial score (nSPS) is 16.3. The molecule has 11 heteroatoms. The summed E-state index contributed by atoms with van der Waals surface area (Å²) >= 11 is 0.947. The number of thiophene rings is 1. The van der Waals surface area contributed by atoms with Gasteiger partial charge in [0.25, 0.3) is 5.91 Å². The van der Waals surface area contributed by atoms with Crippen LogP contribution in [0.15, 0.2) is 34.5 Å². The fourth-order valence-corrected chi connectivity index (χ4v) is 5.23. The first-order chi connectivity index (χ1) is 13.8. The smallest absolute Gasteiger partial charge is 0.350 e. The van der Waals surface area contributed by atoms with Gasteiger partial charge in [0.2, 0.25) is 16.8 Å². The van der Waals surface area contributed by atoms with E-state index in [0.717, 1.165) is 24.2 Å². The van der Waals surface area contributed by atoms with Crippen LogP contribution in [0.4, 0.5) is 5.69 Å². The maximum Gasteiger partial charge on any atom is 0.350 e. The topological polar surface area (TPSA) is 120 Å². The van der Waals surface area contributed by atoms with E-state index in [-0.39, 0.29) is 22.6 Å². The van der Waals surface area contributed by atoms with Gasteiger partial charge in [0.15, 0.2) is 17.6 Å². The van der Waals surface area contributed by atoms with Crippen molar-refractivity contribution in [1.29, 1.82) is 0 Å². The molecule has 1 aliphatic carbocycles. The molecule has 0 bridgehead atoms. The molecule has 2 aliphatic rings. The Hall–Kier alpha value is -2.63. The molecular weight excluding hydrogens is 420 g/mol. The predicted octanol–water partition coefficient (Wildman–Crippen LogP) is 2.10. The molecule has 154 valence electrons. The van der Waals surface area contributed by atoms with Gasteiger partial charge < -0.3 is 19.5 Å². The Morgan fingerprint density at radius 1 is 1.21 bits per heavy atom. The second kappa shape index (κ2) is 7.65. The third kappa shape index (κ3) is 4.36. The highest BCUT2D eigenvalue weighted by molar-refractivity contribution is 7.89. The van der Waals surface area contributed by atoms with Crippen molar-refractivity contribution in [2.75, 3.05) is 12.1 Å². The molecule has 0 radical (unpaired) electrons. The molecule has 1 aliphatic heterocycles. The van der Waals surface area contributed by atoms with E-state index >= 15 is 0 Å². The number of carbonyl (C=O) groups is 2. The molecule has 2 N–H and O–H groups in total. The van der Waals surface area contributed by atoms with Crippen molar-refractivity contribution in [3.05, 3.63) is 34.5 Å². The van der Waals surface area contributed by atoms with Crippen molar-refractivity contribution in [3.8, 4) is 11.5 Å². The van der Waals surface area contributed by atoms with Crippen LogP contribution >= 0.6 is 11.3 Å².